The smallest absolute Gasteiger partial charge is 0.246 e. The average molecular weight is 229 g/mol. The number of hydrogen-bond acceptors (Lipinski definition) is 1. The monoisotopic (exact) mass is 229 g/mol. The van der Waals surface area contributed by atoms with Crippen LogP contribution in [0.1, 0.15) is 19.4 Å². The molecule has 0 aliphatic rings. The molecule has 0 aliphatic carbocycles. The predicted molar refractivity (Wildman–Crippen MR) is 71.5 cm³/mol. The van der Waals surface area contributed by atoms with E-state index in [1.165, 1.54) is 0 Å². The number of rotatable bonds is 5. The van der Waals surface area contributed by atoms with Gasteiger partial charge < -0.3 is 4.90 Å². The second kappa shape index (κ2) is 6.69. The summed E-state index contributed by atoms with van der Waals surface area (Å²) in [4.78, 5) is 13.7. The molecule has 2 heteroatoms. The summed E-state index contributed by atoms with van der Waals surface area (Å²) in [6, 6.07) is 9.99. The highest BCUT2D eigenvalue weighted by Crippen LogP contribution is 2.05. The molecule has 90 valence electrons. The van der Waals surface area contributed by atoms with Crippen LogP contribution in [0.2, 0.25) is 0 Å². The summed E-state index contributed by atoms with van der Waals surface area (Å²) in [5.41, 5.74) is 2.03. The van der Waals surface area contributed by atoms with Gasteiger partial charge in [-0.25, -0.2) is 0 Å². The van der Waals surface area contributed by atoms with E-state index in [0.717, 1.165) is 11.1 Å². The van der Waals surface area contributed by atoms with Crippen molar-refractivity contribution in [2.24, 2.45) is 0 Å². The number of nitrogens with zero attached hydrogens (tertiary/aromatic N) is 1. The van der Waals surface area contributed by atoms with Gasteiger partial charge in [0.15, 0.2) is 0 Å². The van der Waals surface area contributed by atoms with Gasteiger partial charge in [-0.3, -0.25) is 4.79 Å². The zero-order valence-corrected chi connectivity index (χ0v) is 10.5. The van der Waals surface area contributed by atoms with Crippen molar-refractivity contribution in [2.45, 2.75) is 20.4 Å². The minimum atomic E-state index is 0.0272. The Bertz CT molecular complexity index is 406. The molecule has 0 bridgehead atoms. The third kappa shape index (κ3) is 4.68. The van der Waals surface area contributed by atoms with Gasteiger partial charge in [-0.2, -0.15) is 0 Å². The van der Waals surface area contributed by atoms with Crippen LogP contribution in [0.3, 0.4) is 0 Å². The first-order valence-corrected chi connectivity index (χ1v) is 5.80. The lowest BCUT2D eigenvalue weighted by atomic mass is 10.2. The third-order valence-electron chi connectivity index (χ3n) is 2.42. The van der Waals surface area contributed by atoms with Crippen molar-refractivity contribution >= 4 is 5.91 Å². The van der Waals surface area contributed by atoms with Gasteiger partial charge in [0.1, 0.15) is 0 Å². The zero-order valence-electron chi connectivity index (χ0n) is 10.5. The van der Waals surface area contributed by atoms with Crippen LogP contribution < -0.4 is 0 Å². The van der Waals surface area contributed by atoms with Gasteiger partial charge in [0.05, 0.1) is 0 Å². The summed E-state index contributed by atoms with van der Waals surface area (Å²) in [6.45, 7) is 8.94. The Morgan fingerprint density at radius 2 is 1.94 bits per heavy atom. The number of hydrogen-bond donors (Lipinski definition) is 0. The van der Waals surface area contributed by atoms with Gasteiger partial charge in [0.25, 0.3) is 0 Å². The van der Waals surface area contributed by atoms with Crippen LogP contribution in [-0.2, 0) is 11.3 Å². The number of carbonyl (C=O) groups is 1. The lowest BCUT2D eigenvalue weighted by molar-refractivity contribution is -0.126. The van der Waals surface area contributed by atoms with Crippen molar-refractivity contribution in [1.82, 2.24) is 4.90 Å². The maximum absolute atomic E-state index is 11.9. The minimum absolute atomic E-state index is 0.0272. The van der Waals surface area contributed by atoms with Crippen LogP contribution in [0.25, 0.3) is 0 Å². The molecule has 0 aromatic heterocycles. The van der Waals surface area contributed by atoms with Crippen LogP contribution in [0.15, 0.2) is 54.6 Å². The Kier molecular flexibility index (Phi) is 5.21. The summed E-state index contributed by atoms with van der Waals surface area (Å²) in [5.74, 6) is 0.0272. The molecular weight excluding hydrogens is 210 g/mol. The van der Waals surface area contributed by atoms with Gasteiger partial charge in [-0.15, -0.1) is 0 Å². The lowest BCUT2D eigenvalue weighted by Crippen LogP contribution is -2.28. The normalized spacial score (nSPS) is 10.5. The highest BCUT2D eigenvalue weighted by molar-refractivity contribution is 5.88. The first-order valence-electron chi connectivity index (χ1n) is 5.80. The Morgan fingerprint density at radius 3 is 2.47 bits per heavy atom. The maximum atomic E-state index is 11.9. The topological polar surface area (TPSA) is 20.3 Å². The van der Waals surface area contributed by atoms with E-state index in [2.05, 4.69) is 6.58 Å². The maximum Gasteiger partial charge on any atom is 0.246 e. The SMILES string of the molecule is C=C(C)/C=C/C(=O)N(CC)Cc1ccccc1. The number of amides is 1. The second-order valence-corrected chi connectivity index (χ2v) is 4.02. The summed E-state index contributed by atoms with van der Waals surface area (Å²) in [6.07, 6.45) is 3.32. The number of benzene rings is 1. The molecule has 0 saturated carbocycles. The van der Waals surface area contributed by atoms with Crippen molar-refractivity contribution in [2.75, 3.05) is 6.54 Å². The number of likely N-dealkylation sites (N-methyl/N-ethyl adjacent to an activating group) is 1. The molecule has 0 saturated heterocycles. The fourth-order valence-corrected chi connectivity index (χ4v) is 1.47. The molecule has 0 N–H and O–H groups in total. The van der Waals surface area contributed by atoms with E-state index in [4.69, 9.17) is 0 Å². The van der Waals surface area contributed by atoms with E-state index in [0.29, 0.717) is 13.1 Å². The molecule has 1 aromatic rings. The molecular formula is C15H19NO. The lowest BCUT2D eigenvalue weighted by Gasteiger charge is -2.19. The van der Waals surface area contributed by atoms with E-state index >= 15 is 0 Å². The molecule has 0 radical (unpaired) electrons. The van der Waals surface area contributed by atoms with Gasteiger partial charge in [0, 0.05) is 19.2 Å². The van der Waals surface area contributed by atoms with E-state index < -0.39 is 0 Å². The molecule has 0 atom stereocenters. The van der Waals surface area contributed by atoms with Crippen molar-refractivity contribution in [3.8, 4) is 0 Å². The Balaban J connectivity index is 2.66. The van der Waals surface area contributed by atoms with Crippen molar-refractivity contribution in [3.63, 3.8) is 0 Å². The van der Waals surface area contributed by atoms with Gasteiger partial charge in [-0.05, 0) is 19.4 Å². The van der Waals surface area contributed by atoms with Crippen molar-refractivity contribution < 1.29 is 4.79 Å². The van der Waals surface area contributed by atoms with Gasteiger partial charge in [-0.1, -0.05) is 48.6 Å². The Hall–Kier alpha value is -1.83. The molecule has 0 fully saturated rings. The number of allylic oxidation sites excluding steroid dienone is 2. The molecule has 17 heavy (non-hydrogen) atoms. The highest BCUT2D eigenvalue weighted by Gasteiger charge is 2.08. The summed E-state index contributed by atoms with van der Waals surface area (Å²) >= 11 is 0. The van der Waals surface area contributed by atoms with Crippen LogP contribution in [-0.4, -0.2) is 17.4 Å². The number of carbonyl (C=O) groups excluding carboxylic acids is 1. The van der Waals surface area contributed by atoms with Crippen LogP contribution in [0, 0.1) is 0 Å². The summed E-state index contributed by atoms with van der Waals surface area (Å²) in [7, 11) is 0. The standard InChI is InChI=1S/C15H19NO/c1-4-16(15(17)11-10-13(2)3)12-14-8-6-5-7-9-14/h5-11H,2,4,12H2,1,3H3/b11-10+. The summed E-state index contributed by atoms with van der Waals surface area (Å²) in [5, 5.41) is 0. The first kappa shape index (κ1) is 13.2. The molecule has 0 unspecified atom stereocenters. The molecule has 1 aromatic carbocycles. The Morgan fingerprint density at radius 1 is 1.29 bits per heavy atom. The fourth-order valence-electron chi connectivity index (χ4n) is 1.47. The first-order chi connectivity index (χ1) is 8.13. The molecule has 0 aliphatic heterocycles. The Labute approximate surface area is 103 Å². The second-order valence-electron chi connectivity index (χ2n) is 4.02. The van der Waals surface area contributed by atoms with E-state index in [9.17, 15) is 4.79 Å². The predicted octanol–water partition coefficient (Wildman–Crippen LogP) is 3.17. The summed E-state index contributed by atoms with van der Waals surface area (Å²) < 4.78 is 0. The molecule has 2 nitrogen and oxygen atoms in total. The zero-order chi connectivity index (χ0) is 12.7. The quantitative estimate of drug-likeness (QED) is 0.561. The fraction of sp³-hybridized carbons (Fsp3) is 0.267. The van der Waals surface area contributed by atoms with Gasteiger partial charge in [0.2, 0.25) is 5.91 Å². The molecule has 1 rings (SSSR count). The van der Waals surface area contributed by atoms with E-state index in [-0.39, 0.29) is 5.91 Å². The highest BCUT2D eigenvalue weighted by atomic mass is 16.2. The molecule has 0 heterocycles. The third-order valence-corrected chi connectivity index (χ3v) is 2.42. The van der Waals surface area contributed by atoms with Crippen LogP contribution >= 0.6 is 0 Å². The van der Waals surface area contributed by atoms with Crippen LogP contribution in [0.4, 0.5) is 0 Å². The largest absolute Gasteiger partial charge is 0.335 e. The van der Waals surface area contributed by atoms with E-state index in [1.54, 1.807) is 17.1 Å². The van der Waals surface area contributed by atoms with Crippen molar-refractivity contribution in [3.05, 3.63) is 60.2 Å². The molecule has 1 amide bonds. The minimum Gasteiger partial charge on any atom is -0.335 e. The van der Waals surface area contributed by atoms with Crippen molar-refractivity contribution in [1.29, 1.82) is 0 Å². The van der Waals surface area contributed by atoms with E-state index in [1.807, 2.05) is 44.2 Å². The molecule has 0 spiro atoms. The van der Waals surface area contributed by atoms with Crippen LogP contribution in [0.5, 0.6) is 0 Å². The van der Waals surface area contributed by atoms with Gasteiger partial charge >= 0.3 is 0 Å². The average Bonchev–Trinajstić information content (AvgIpc) is 2.34.